The van der Waals surface area contributed by atoms with E-state index in [2.05, 4.69) is 108 Å². The predicted molar refractivity (Wildman–Crippen MR) is 126 cm³/mol. The topological polar surface area (TPSA) is 18.1 Å². The van der Waals surface area contributed by atoms with Crippen LogP contribution in [-0.2, 0) is 0 Å². The van der Waals surface area contributed by atoms with E-state index < -0.39 is 0 Å². The summed E-state index contributed by atoms with van der Waals surface area (Å²) < 4.78 is 8.82. The summed E-state index contributed by atoms with van der Waals surface area (Å²) in [7, 11) is 0. The van der Waals surface area contributed by atoms with E-state index in [-0.39, 0.29) is 0 Å². The highest BCUT2D eigenvalue weighted by molar-refractivity contribution is 6.20. The van der Waals surface area contributed by atoms with Gasteiger partial charge in [0.05, 0.1) is 16.7 Å². The molecular weight excluding hydrogens is 366 g/mol. The molecule has 0 fully saturated rings. The van der Waals surface area contributed by atoms with Crippen molar-refractivity contribution in [3.63, 3.8) is 0 Å². The highest BCUT2D eigenvalue weighted by Crippen LogP contribution is 2.39. The van der Waals surface area contributed by atoms with Gasteiger partial charge in [-0.25, -0.2) is 0 Å². The Morgan fingerprint density at radius 1 is 0.500 bits per heavy atom. The molecule has 0 radical (unpaired) electrons. The molecule has 5 aromatic carbocycles. The molecule has 0 atom stereocenters. The zero-order valence-electron chi connectivity index (χ0n) is 16.2. The first-order chi connectivity index (χ1) is 14.9. The first kappa shape index (κ1) is 15.8. The van der Waals surface area contributed by atoms with Crippen molar-refractivity contribution in [2.45, 2.75) is 0 Å². The van der Waals surface area contributed by atoms with Crippen molar-refractivity contribution in [2.24, 2.45) is 0 Å². The van der Waals surface area contributed by atoms with Gasteiger partial charge in [0.25, 0.3) is 0 Å². The van der Waals surface area contributed by atoms with Gasteiger partial charge in [-0.15, -0.1) is 0 Å². The monoisotopic (exact) mass is 383 g/mol. The van der Waals surface area contributed by atoms with Gasteiger partial charge in [0.15, 0.2) is 5.58 Å². The van der Waals surface area contributed by atoms with Gasteiger partial charge in [-0.2, -0.15) is 0 Å². The van der Waals surface area contributed by atoms with Gasteiger partial charge >= 0.3 is 0 Å². The van der Waals surface area contributed by atoms with Crippen LogP contribution in [0.5, 0.6) is 0 Å². The van der Waals surface area contributed by atoms with E-state index in [4.69, 9.17) is 4.42 Å². The van der Waals surface area contributed by atoms with Crippen LogP contribution >= 0.6 is 0 Å². The quantitative estimate of drug-likeness (QED) is 0.282. The molecular formula is C28H17NO. The van der Waals surface area contributed by atoms with Crippen molar-refractivity contribution in [3.8, 4) is 5.69 Å². The van der Waals surface area contributed by atoms with Gasteiger partial charge in [-0.3, -0.25) is 0 Å². The fourth-order valence-electron chi connectivity index (χ4n) is 4.91. The molecule has 7 rings (SSSR count). The lowest BCUT2D eigenvalue weighted by Gasteiger charge is -2.08. The second kappa shape index (κ2) is 5.74. The number of hydrogen-bond acceptors (Lipinski definition) is 1. The van der Waals surface area contributed by atoms with E-state index in [0.29, 0.717) is 0 Å². The van der Waals surface area contributed by atoms with E-state index in [1.165, 1.54) is 38.0 Å². The van der Waals surface area contributed by atoms with Crippen LogP contribution in [0.25, 0.3) is 60.2 Å². The summed E-state index contributed by atoms with van der Waals surface area (Å²) in [6.07, 6.45) is 0. The second-order valence-corrected chi connectivity index (χ2v) is 7.79. The molecule has 0 aliphatic rings. The van der Waals surface area contributed by atoms with Crippen LogP contribution in [0.1, 0.15) is 0 Å². The summed E-state index contributed by atoms with van der Waals surface area (Å²) in [5.74, 6) is 0. The van der Waals surface area contributed by atoms with Crippen LogP contribution in [0.4, 0.5) is 0 Å². The first-order valence-electron chi connectivity index (χ1n) is 10.2. The lowest BCUT2D eigenvalue weighted by molar-refractivity contribution is 0.666. The maximum absolute atomic E-state index is 6.49. The lowest BCUT2D eigenvalue weighted by Crippen LogP contribution is -1.93. The third kappa shape index (κ3) is 1.98. The molecule has 0 amide bonds. The number of fused-ring (bicyclic) bond motifs is 8. The van der Waals surface area contributed by atoms with Crippen molar-refractivity contribution in [2.75, 3.05) is 0 Å². The number of rotatable bonds is 1. The first-order valence-corrected chi connectivity index (χ1v) is 10.2. The van der Waals surface area contributed by atoms with Gasteiger partial charge in [-0.05, 0) is 35.0 Å². The molecule has 0 bridgehead atoms. The minimum absolute atomic E-state index is 0.926. The molecule has 2 heteroatoms. The Kier molecular flexibility index (Phi) is 3.03. The third-order valence-corrected chi connectivity index (χ3v) is 6.19. The maximum Gasteiger partial charge on any atom is 0.159 e. The molecule has 0 unspecified atom stereocenters. The fourth-order valence-corrected chi connectivity index (χ4v) is 4.91. The Hall–Kier alpha value is -4.04. The minimum atomic E-state index is 0.926. The Labute approximate surface area is 172 Å². The molecule has 2 nitrogen and oxygen atoms in total. The average Bonchev–Trinajstić information content (AvgIpc) is 3.35. The van der Waals surface area contributed by atoms with Crippen LogP contribution in [-0.4, -0.2) is 4.57 Å². The number of aromatic nitrogens is 1. The highest BCUT2D eigenvalue weighted by Gasteiger charge is 2.17. The van der Waals surface area contributed by atoms with E-state index >= 15 is 0 Å². The van der Waals surface area contributed by atoms with Crippen LogP contribution in [0.3, 0.4) is 0 Å². The molecule has 0 spiro atoms. The number of hydrogen-bond donors (Lipinski definition) is 0. The summed E-state index contributed by atoms with van der Waals surface area (Å²) in [4.78, 5) is 0. The molecule has 0 saturated heterocycles. The van der Waals surface area contributed by atoms with Crippen LogP contribution in [0.15, 0.2) is 108 Å². The Morgan fingerprint density at radius 3 is 1.90 bits per heavy atom. The molecule has 0 aliphatic heterocycles. The average molecular weight is 383 g/mol. The normalized spacial score (nSPS) is 12.0. The zero-order chi connectivity index (χ0) is 19.7. The molecule has 0 aliphatic carbocycles. The smallest absolute Gasteiger partial charge is 0.159 e. The molecule has 7 aromatic rings. The lowest BCUT2D eigenvalue weighted by atomic mass is 10.0. The van der Waals surface area contributed by atoms with Crippen LogP contribution < -0.4 is 0 Å². The Bertz CT molecular complexity index is 1700. The van der Waals surface area contributed by atoms with Gasteiger partial charge in [0.2, 0.25) is 0 Å². The Morgan fingerprint density at radius 2 is 1.13 bits per heavy atom. The molecule has 30 heavy (non-hydrogen) atoms. The standard InChI is InChI=1S/C28H17NO/c1-2-9-19-18(8-1)16-17-26-27(19)22-12-7-15-25(28(22)30-26)29-23-13-5-3-10-20(23)21-11-4-6-14-24(21)29/h1-17H. The van der Waals surface area contributed by atoms with E-state index in [0.717, 1.165) is 22.2 Å². The van der Waals surface area contributed by atoms with Gasteiger partial charge in [0.1, 0.15) is 5.58 Å². The number of nitrogens with zero attached hydrogens (tertiary/aromatic N) is 1. The molecule has 140 valence electrons. The van der Waals surface area contributed by atoms with Gasteiger partial charge < -0.3 is 8.98 Å². The van der Waals surface area contributed by atoms with Crippen molar-refractivity contribution < 1.29 is 4.42 Å². The zero-order valence-corrected chi connectivity index (χ0v) is 16.2. The number of furan rings is 1. The summed E-state index contributed by atoms with van der Waals surface area (Å²) >= 11 is 0. The summed E-state index contributed by atoms with van der Waals surface area (Å²) in [6, 6.07) is 36.4. The van der Waals surface area contributed by atoms with Crippen LogP contribution in [0, 0.1) is 0 Å². The SMILES string of the molecule is c1ccc2c(c1)ccc1oc3c(-n4c5ccccc5c5ccccc54)cccc3c12. The molecule has 2 aromatic heterocycles. The third-order valence-electron chi connectivity index (χ3n) is 6.19. The van der Waals surface area contributed by atoms with Crippen molar-refractivity contribution in [3.05, 3.63) is 103 Å². The second-order valence-electron chi connectivity index (χ2n) is 7.79. The van der Waals surface area contributed by atoms with Gasteiger partial charge in [-0.1, -0.05) is 78.9 Å². The highest BCUT2D eigenvalue weighted by atomic mass is 16.3. The maximum atomic E-state index is 6.49. The van der Waals surface area contributed by atoms with Crippen LogP contribution in [0.2, 0.25) is 0 Å². The summed E-state index contributed by atoms with van der Waals surface area (Å²) in [6.45, 7) is 0. The van der Waals surface area contributed by atoms with Crippen molar-refractivity contribution in [1.29, 1.82) is 0 Å². The fraction of sp³-hybridized carbons (Fsp3) is 0. The summed E-state index contributed by atoms with van der Waals surface area (Å²) in [5.41, 5.74) is 5.31. The van der Waals surface area contributed by atoms with E-state index in [1.54, 1.807) is 0 Å². The minimum Gasteiger partial charge on any atom is -0.454 e. The van der Waals surface area contributed by atoms with E-state index in [9.17, 15) is 0 Å². The number of benzene rings is 5. The molecule has 0 saturated carbocycles. The molecule has 2 heterocycles. The molecule has 0 N–H and O–H groups in total. The Balaban J connectivity index is 1.69. The van der Waals surface area contributed by atoms with Crippen molar-refractivity contribution in [1.82, 2.24) is 4.57 Å². The van der Waals surface area contributed by atoms with E-state index in [1.807, 2.05) is 0 Å². The number of para-hydroxylation sites is 3. The predicted octanol–water partition coefficient (Wildman–Crippen LogP) is 7.84. The van der Waals surface area contributed by atoms with Gasteiger partial charge in [0, 0.05) is 21.5 Å². The summed E-state index contributed by atoms with van der Waals surface area (Å²) in [5, 5.41) is 7.31. The van der Waals surface area contributed by atoms with Crippen molar-refractivity contribution >= 4 is 54.5 Å². The largest absolute Gasteiger partial charge is 0.454 e.